The van der Waals surface area contributed by atoms with E-state index >= 15 is 0 Å². The number of urea groups is 1. The summed E-state index contributed by atoms with van der Waals surface area (Å²) in [6, 6.07) is 3.70. The van der Waals surface area contributed by atoms with Crippen molar-refractivity contribution in [3.05, 3.63) is 23.8 Å². The van der Waals surface area contributed by atoms with Crippen molar-refractivity contribution in [2.24, 2.45) is 0 Å². The summed E-state index contributed by atoms with van der Waals surface area (Å²) in [5.41, 5.74) is -0.172. The summed E-state index contributed by atoms with van der Waals surface area (Å²) < 4.78 is 0. The lowest BCUT2D eigenvalue weighted by Crippen LogP contribution is -2.29. The second kappa shape index (κ2) is 8.31. The van der Waals surface area contributed by atoms with Gasteiger partial charge in [-0.1, -0.05) is 6.07 Å². The second-order valence-electron chi connectivity index (χ2n) is 4.09. The van der Waals surface area contributed by atoms with Gasteiger partial charge in [-0.2, -0.15) is 11.8 Å². The summed E-state index contributed by atoms with van der Waals surface area (Å²) in [5, 5.41) is 23.7. The van der Waals surface area contributed by atoms with Crippen molar-refractivity contribution in [2.75, 3.05) is 23.9 Å². The molecular formula is C13H18N2O4S. The van der Waals surface area contributed by atoms with Crippen LogP contribution in [0.15, 0.2) is 18.2 Å². The lowest BCUT2D eigenvalue weighted by molar-refractivity contribution is 0.0693. The minimum atomic E-state index is -1.25. The fourth-order valence-corrected chi connectivity index (χ4v) is 2.05. The number of anilines is 1. The second-order valence-corrected chi connectivity index (χ2v) is 5.07. The van der Waals surface area contributed by atoms with Gasteiger partial charge in [0.15, 0.2) is 5.75 Å². The number of hydrogen-bond donors (Lipinski definition) is 4. The smallest absolute Gasteiger partial charge is 0.339 e. The van der Waals surface area contributed by atoms with Crippen LogP contribution in [-0.4, -0.2) is 40.8 Å². The molecule has 0 unspecified atom stereocenters. The maximum atomic E-state index is 11.6. The summed E-state index contributed by atoms with van der Waals surface area (Å²) in [6.07, 6.45) is 3.91. The number of aromatic carboxylic acids is 1. The zero-order chi connectivity index (χ0) is 15.0. The predicted molar refractivity (Wildman–Crippen MR) is 79.7 cm³/mol. The van der Waals surface area contributed by atoms with E-state index in [9.17, 15) is 14.7 Å². The zero-order valence-corrected chi connectivity index (χ0v) is 12.0. The molecule has 1 aromatic carbocycles. The van der Waals surface area contributed by atoms with E-state index in [-0.39, 0.29) is 11.3 Å². The number of carbonyl (C=O) groups is 2. The Kier molecular flexibility index (Phi) is 6.72. The molecule has 0 aliphatic heterocycles. The van der Waals surface area contributed by atoms with Crippen LogP contribution in [0.3, 0.4) is 0 Å². The van der Waals surface area contributed by atoms with Crippen molar-refractivity contribution in [1.29, 1.82) is 0 Å². The average Bonchev–Trinajstić information content (AvgIpc) is 2.40. The third-order valence-electron chi connectivity index (χ3n) is 2.58. The number of carbonyl (C=O) groups excluding carboxylic acids is 1. The van der Waals surface area contributed by atoms with Gasteiger partial charge in [-0.3, -0.25) is 0 Å². The quantitative estimate of drug-likeness (QED) is 0.457. The number of phenols is 1. The molecule has 110 valence electrons. The molecule has 20 heavy (non-hydrogen) atoms. The number of unbranched alkanes of at least 4 members (excludes halogenated alkanes) is 1. The Morgan fingerprint density at radius 2 is 2.05 bits per heavy atom. The molecule has 1 rings (SSSR count). The van der Waals surface area contributed by atoms with Crippen LogP contribution in [0.5, 0.6) is 5.75 Å². The van der Waals surface area contributed by atoms with E-state index in [2.05, 4.69) is 10.6 Å². The normalized spacial score (nSPS) is 10.1. The predicted octanol–water partition coefficient (Wildman–Crippen LogP) is 2.36. The maximum Gasteiger partial charge on any atom is 0.339 e. The van der Waals surface area contributed by atoms with Gasteiger partial charge in [-0.25, -0.2) is 9.59 Å². The fraction of sp³-hybridized carbons (Fsp3) is 0.385. The van der Waals surface area contributed by atoms with Crippen LogP contribution < -0.4 is 10.6 Å². The fourth-order valence-electron chi connectivity index (χ4n) is 1.56. The standard InChI is InChI=1S/C13H18N2O4S/c1-20-8-3-2-7-14-13(19)15-10-6-4-5-9(11(10)16)12(17)18/h4-6,16H,2-3,7-8H2,1H3,(H,17,18)(H2,14,15,19). The Balaban J connectivity index is 2.50. The molecule has 0 saturated carbocycles. The Bertz CT molecular complexity index is 479. The highest BCUT2D eigenvalue weighted by Gasteiger charge is 2.14. The maximum absolute atomic E-state index is 11.6. The van der Waals surface area contributed by atoms with Crippen LogP contribution in [0.25, 0.3) is 0 Å². The van der Waals surface area contributed by atoms with Crippen molar-refractivity contribution >= 4 is 29.4 Å². The van der Waals surface area contributed by atoms with E-state index < -0.39 is 17.7 Å². The third kappa shape index (κ3) is 5.00. The van der Waals surface area contributed by atoms with Gasteiger partial charge in [-0.15, -0.1) is 0 Å². The number of nitrogens with one attached hydrogen (secondary N) is 2. The molecule has 0 fully saturated rings. The molecule has 0 aromatic heterocycles. The molecular weight excluding hydrogens is 280 g/mol. The van der Waals surface area contributed by atoms with Crippen LogP contribution in [-0.2, 0) is 0 Å². The number of carboxylic acid groups (broad SMARTS) is 1. The average molecular weight is 298 g/mol. The van der Waals surface area contributed by atoms with Gasteiger partial charge in [-0.05, 0) is 37.0 Å². The van der Waals surface area contributed by atoms with Gasteiger partial charge in [0.1, 0.15) is 5.56 Å². The molecule has 0 radical (unpaired) electrons. The number of thioether (sulfide) groups is 1. The first-order valence-corrected chi connectivity index (χ1v) is 7.54. The zero-order valence-electron chi connectivity index (χ0n) is 11.2. The Morgan fingerprint density at radius 1 is 1.30 bits per heavy atom. The molecule has 0 heterocycles. The van der Waals surface area contributed by atoms with Gasteiger partial charge >= 0.3 is 12.0 Å². The Morgan fingerprint density at radius 3 is 2.70 bits per heavy atom. The largest absolute Gasteiger partial charge is 0.505 e. The summed E-state index contributed by atoms with van der Waals surface area (Å²) >= 11 is 1.75. The number of carboxylic acids is 1. The van der Waals surface area contributed by atoms with Crippen LogP contribution in [0.2, 0.25) is 0 Å². The minimum absolute atomic E-state index is 0.0755. The molecule has 0 bridgehead atoms. The van der Waals surface area contributed by atoms with E-state index in [1.165, 1.54) is 18.2 Å². The van der Waals surface area contributed by atoms with Crippen molar-refractivity contribution in [3.63, 3.8) is 0 Å². The van der Waals surface area contributed by atoms with Crippen molar-refractivity contribution < 1.29 is 19.8 Å². The van der Waals surface area contributed by atoms with E-state index in [0.29, 0.717) is 6.54 Å². The molecule has 0 aliphatic rings. The highest BCUT2D eigenvalue weighted by molar-refractivity contribution is 7.98. The van der Waals surface area contributed by atoms with Crippen molar-refractivity contribution in [2.45, 2.75) is 12.8 Å². The first-order valence-electron chi connectivity index (χ1n) is 6.15. The van der Waals surface area contributed by atoms with Crippen LogP contribution in [0.4, 0.5) is 10.5 Å². The lowest BCUT2D eigenvalue weighted by atomic mass is 10.1. The minimum Gasteiger partial charge on any atom is -0.505 e. The molecule has 4 N–H and O–H groups in total. The van der Waals surface area contributed by atoms with Crippen LogP contribution in [0, 0.1) is 0 Å². The van der Waals surface area contributed by atoms with Gasteiger partial charge in [0.05, 0.1) is 5.69 Å². The molecule has 0 spiro atoms. The molecule has 2 amide bonds. The van der Waals surface area contributed by atoms with Crippen LogP contribution >= 0.6 is 11.8 Å². The number of amides is 2. The monoisotopic (exact) mass is 298 g/mol. The van der Waals surface area contributed by atoms with E-state index in [1.807, 2.05) is 6.26 Å². The first kappa shape index (κ1) is 16.2. The number of aromatic hydroxyl groups is 1. The molecule has 1 aromatic rings. The molecule has 0 aliphatic carbocycles. The van der Waals surface area contributed by atoms with Gasteiger partial charge in [0, 0.05) is 6.54 Å². The highest BCUT2D eigenvalue weighted by Crippen LogP contribution is 2.27. The number of para-hydroxylation sites is 1. The summed E-state index contributed by atoms with van der Waals surface area (Å²) in [7, 11) is 0. The Labute approximate surface area is 121 Å². The topological polar surface area (TPSA) is 98.7 Å². The molecule has 6 nitrogen and oxygen atoms in total. The van der Waals surface area contributed by atoms with E-state index in [4.69, 9.17) is 5.11 Å². The molecule has 0 atom stereocenters. The summed E-state index contributed by atoms with van der Waals surface area (Å²) in [6.45, 7) is 0.534. The molecule has 0 saturated heterocycles. The van der Waals surface area contributed by atoms with Gasteiger partial charge in [0.2, 0.25) is 0 Å². The third-order valence-corrected chi connectivity index (χ3v) is 3.27. The first-order chi connectivity index (χ1) is 9.56. The van der Waals surface area contributed by atoms with Gasteiger partial charge in [0.25, 0.3) is 0 Å². The highest BCUT2D eigenvalue weighted by atomic mass is 32.2. The Hall–Kier alpha value is -1.89. The lowest BCUT2D eigenvalue weighted by Gasteiger charge is -2.10. The SMILES string of the molecule is CSCCCCNC(=O)Nc1cccc(C(=O)O)c1O. The van der Waals surface area contributed by atoms with Crippen LogP contribution in [0.1, 0.15) is 23.2 Å². The number of hydrogen-bond acceptors (Lipinski definition) is 4. The van der Waals surface area contributed by atoms with E-state index in [1.54, 1.807) is 11.8 Å². The van der Waals surface area contributed by atoms with Gasteiger partial charge < -0.3 is 20.8 Å². The molecule has 7 heteroatoms. The summed E-state index contributed by atoms with van der Waals surface area (Å²) in [5.74, 6) is -0.647. The summed E-state index contributed by atoms with van der Waals surface area (Å²) in [4.78, 5) is 22.4. The van der Waals surface area contributed by atoms with E-state index in [0.717, 1.165) is 18.6 Å². The van der Waals surface area contributed by atoms with Crippen molar-refractivity contribution in [1.82, 2.24) is 5.32 Å². The number of benzene rings is 1. The van der Waals surface area contributed by atoms with Crippen molar-refractivity contribution in [3.8, 4) is 5.75 Å². The number of rotatable bonds is 7.